The lowest BCUT2D eigenvalue weighted by Gasteiger charge is -2.30. The number of carbonyl (C=O) groups excluding carboxylic acids is 1. The summed E-state index contributed by atoms with van der Waals surface area (Å²) in [6.07, 6.45) is 5.07. The third kappa shape index (κ3) is 4.23. The number of carbonyl (C=O) groups is 1. The molecule has 0 bridgehead atoms. The Kier molecular flexibility index (Phi) is 5.73. The zero-order chi connectivity index (χ0) is 20.4. The van der Waals surface area contributed by atoms with Crippen LogP contribution in [-0.4, -0.2) is 71.5 Å². The van der Waals surface area contributed by atoms with E-state index in [9.17, 15) is 13.2 Å². The summed E-state index contributed by atoms with van der Waals surface area (Å²) in [5.41, 5.74) is 0.948. The summed E-state index contributed by atoms with van der Waals surface area (Å²) >= 11 is 0. The number of nitrogens with zero attached hydrogens (tertiary/aromatic N) is 5. The van der Waals surface area contributed by atoms with E-state index >= 15 is 0 Å². The second-order valence-corrected chi connectivity index (χ2v) is 9.88. The zero-order valence-electron chi connectivity index (χ0n) is 16.7. The van der Waals surface area contributed by atoms with Crippen LogP contribution in [0.25, 0.3) is 11.0 Å². The highest BCUT2D eigenvalue weighted by Crippen LogP contribution is 2.25. The molecule has 10 heteroatoms. The fraction of sp³-hybridized carbons (Fsp3) is 0.632. The molecule has 0 spiro atoms. The van der Waals surface area contributed by atoms with Gasteiger partial charge in [-0.1, -0.05) is 11.8 Å². The van der Waals surface area contributed by atoms with Crippen molar-refractivity contribution >= 4 is 27.0 Å². The van der Waals surface area contributed by atoms with Gasteiger partial charge in [-0.2, -0.15) is 4.31 Å². The lowest BCUT2D eigenvalue weighted by atomic mass is 10.0. The van der Waals surface area contributed by atoms with Crippen LogP contribution in [0.15, 0.2) is 23.1 Å². The second kappa shape index (κ2) is 8.27. The van der Waals surface area contributed by atoms with Gasteiger partial charge >= 0.3 is 0 Å². The molecule has 2 aromatic rings. The number of hydrogen-bond donors (Lipinski definition) is 0. The van der Waals surface area contributed by atoms with Crippen molar-refractivity contribution in [1.82, 2.24) is 24.4 Å². The predicted molar refractivity (Wildman–Crippen MR) is 107 cm³/mol. The molecule has 158 valence electrons. The van der Waals surface area contributed by atoms with Crippen LogP contribution in [0.5, 0.6) is 0 Å². The average molecular weight is 422 g/mol. The molecule has 0 saturated carbocycles. The van der Waals surface area contributed by atoms with Crippen LogP contribution < -0.4 is 4.84 Å². The van der Waals surface area contributed by atoms with Crippen molar-refractivity contribution in [1.29, 1.82) is 0 Å². The summed E-state index contributed by atoms with van der Waals surface area (Å²) in [5, 5.41) is 7.94. The molecule has 0 unspecified atom stereocenters. The third-order valence-corrected chi connectivity index (χ3v) is 7.52. The molecule has 1 aromatic heterocycles. The fourth-order valence-corrected chi connectivity index (χ4v) is 5.62. The molecule has 0 radical (unpaired) electrons. The largest absolute Gasteiger partial charge is 0.385 e. The van der Waals surface area contributed by atoms with Gasteiger partial charge in [0.2, 0.25) is 10.0 Å². The smallest absolute Gasteiger partial charge is 0.263 e. The number of hydrogen-bond acceptors (Lipinski definition) is 6. The van der Waals surface area contributed by atoms with Crippen molar-refractivity contribution in [2.75, 3.05) is 32.8 Å². The summed E-state index contributed by atoms with van der Waals surface area (Å²) in [6, 6.07) is 4.69. The molecule has 2 saturated heterocycles. The van der Waals surface area contributed by atoms with Crippen molar-refractivity contribution in [2.24, 2.45) is 5.92 Å². The molecule has 2 aliphatic rings. The number of likely N-dealkylation sites (tertiary alicyclic amines) is 1. The summed E-state index contributed by atoms with van der Waals surface area (Å²) in [4.78, 5) is 21.0. The number of amides is 1. The van der Waals surface area contributed by atoms with E-state index in [-0.39, 0.29) is 17.4 Å². The molecule has 0 aliphatic carbocycles. The maximum atomic E-state index is 13.1. The standard InChI is InChI=1S/C19H27N5O4S/c1-15-6-5-11-23(13-15)29(26,27)16-7-8-17-18(12-16)24(21-20-17)28-14-19(25)22-9-3-2-4-10-22/h7-8,12,15H,2-6,9-11,13-14H2,1H3/t15-/m0/s1. The molecule has 3 heterocycles. The Hall–Kier alpha value is -2.20. The zero-order valence-corrected chi connectivity index (χ0v) is 17.5. The van der Waals surface area contributed by atoms with Gasteiger partial charge in [0.15, 0.2) is 6.61 Å². The van der Waals surface area contributed by atoms with Crippen LogP contribution in [0.3, 0.4) is 0 Å². The van der Waals surface area contributed by atoms with Gasteiger partial charge in [-0.3, -0.25) is 4.79 Å². The number of fused-ring (bicyclic) bond motifs is 1. The topological polar surface area (TPSA) is 97.6 Å². The van der Waals surface area contributed by atoms with Crippen molar-refractivity contribution in [3.05, 3.63) is 18.2 Å². The number of piperidine rings is 2. The monoisotopic (exact) mass is 421 g/mol. The van der Waals surface area contributed by atoms with Gasteiger partial charge < -0.3 is 9.74 Å². The molecule has 1 aromatic carbocycles. The van der Waals surface area contributed by atoms with Crippen molar-refractivity contribution in [3.63, 3.8) is 0 Å². The van der Waals surface area contributed by atoms with Crippen LogP contribution in [0.1, 0.15) is 39.0 Å². The maximum absolute atomic E-state index is 13.1. The quantitative estimate of drug-likeness (QED) is 0.722. The van der Waals surface area contributed by atoms with Gasteiger partial charge in [0.1, 0.15) is 11.0 Å². The van der Waals surface area contributed by atoms with E-state index in [1.807, 2.05) is 0 Å². The normalized spacial score (nSPS) is 21.4. The molecule has 4 rings (SSSR count). The molecular weight excluding hydrogens is 394 g/mol. The molecule has 2 fully saturated rings. The Bertz CT molecular complexity index is 984. The van der Waals surface area contributed by atoms with Crippen LogP contribution in [-0.2, 0) is 14.8 Å². The summed E-state index contributed by atoms with van der Waals surface area (Å²) in [5.74, 6) is 0.248. The fourth-order valence-electron chi connectivity index (χ4n) is 4.00. The van der Waals surface area contributed by atoms with Gasteiger partial charge in [-0.05, 0) is 61.4 Å². The minimum absolute atomic E-state index is 0.0977. The lowest BCUT2D eigenvalue weighted by molar-refractivity contribution is -0.137. The average Bonchev–Trinajstić information content (AvgIpc) is 3.15. The molecular formula is C19H27N5O4S. The molecule has 1 atom stereocenters. The number of aromatic nitrogens is 3. The summed E-state index contributed by atoms with van der Waals surface area (Å²) in [6.45, 7) is 4.46. The first-order valence-corrected chi connectivity index (χ1v) is 11.7. The van der Waals surface area contributed by atoms with E-state index in [1.165, 1.54) is 10.4 Å². The van der Waals surface area contributed by atoms with Gasteiger partial charge in [0.05, 0.1) is 4.90 Å². The van der Waals surface area contributed by atoms with Crippen LogP contribution in [0, 0.1) is 5.92 Å². The SMILES string of the molecule is C[C@H]1CCCN(S(=O)(=O)c2ccc3nnn(OCC(=O)N4CCCCC4)c3c2)C1. The van der Waals surface area contributed by atoms with E-state index in [1.54, 1.807) is 17.0 Å². The van der Waals surface area contributed by atoms with Crippen LogP contribution in [0.4, 0.5) is 0 Å². The minimum atomic E-state index is -3.60. The Morgan fingerprint density at radius 1 is 1.17 bits per heavy atom. The lowest BCUT2D eigenvalue weighted by Crippen LogP contribution is -2.40. The first-order valence-electron chi connectivity index (χ1n) is 10.2. The molecule has 1 amide bonds. The van der Waals surface area contributed by atoms with E-state index in [4.69, 9.17) is 4.84 Å². The highest BCUT2D eigenvalue weighted by atomic mass is 32.2. The van der Waals surface area contributed by atoms with Crippen molar-refractivity contribution < 1.29 is 18.0 Å². The minimum Gasteiger partial charge on any atom is -0.385 e. The predicted octanol–water partition coefficient (Wildman–Crippen LogP) is 1.29. The van der Waals surface area contributed by atoms with Gasteiger partial charge in [-0.25, -0.2) is 8.42 Å². The highest BCUT2D eigenvalue weighted by Gasteiger charge is 2.29. The first-order chi connectivity index (χ1) is 13.9. The van der Waals surface area contributed by atoms with Crippen LogP contribution >= 0.6 is 0 Å². The number of sulfonamides is 1. The van der Waals surface area contributed by atoms with Crippen molar-refractivity contribution in [3.8, 4) is 0 Å². The van der Waals surface area contributed by atoms with Gasteiger partial charge in [-0.15, -0.1) is 5.10 Å². The number of benzene rings is 1. The molecule has 29 heavy (non-hydrogen) atoms. The Balaban J connectivity index is 1.52. The van der Waals surface area contributed by atoms with E-state index in [2.05, 4.69) is 17.2 Å². The Morgan fingerprint density at radius 3 is 2.72 bits per heavy atom. The van der Waals surface area contributed by atoms with Gasteiger partial charge in [0, 0.05) is 26.2 Å². The number of rotatable bonds is 5. The Labute approximate surface area is 170 Å². The van der Waals surface area contributed by atoms with Crippen molar-refractivity contribution in [2.45, 2.75) is 43.9 Å². The van der Waals surface area contributed by atoms with E-state index in [0.717, 1.165) is 50.0 Å². The summed E-state index contributed by atoms with van der Waals surface area (Å²) in [7, 11) is -3.60. The van der Waals surface area contributed by atoms with E-state index in [0.29, 0.717) is 30.0 Å². The summed E-state index contributed by atoms with van der Waals surface area (Å²) < 4.78 is 27.7. The first kappa shape index (κ1) is 20.1. The third-order valence-electron chi connectivity index (χ3n) is 5.66. The maximum Gasteiger partial charge on any atom is 0.263 e. The molecule has 2 aliphatic heterocycles. The molecule has 9 nitrogen and oxygen atoms in total. The Morgan fingerprint density at radius 2 is 1.97 bits per heavy atom. The second-order valence-electron chi connectivity index (χ2n) is 7.94. The van der Waals surface area contributed by atoms with Crippen LogP contribution in [0.2, 0.25) is 0 Å². The van der Waals surface area contributed by atoms with E-state index < -0.39 is 10.0 Å². The van der Waals surface area contributed by atoms with Gasteiger partial charge in [0.25, 0.3) is 5.91 Å². The molecule has 0 N–H and O–H groups in total. The highest BCUT2D eigenvalue weighted by molar-refractivity contribution is 7.89.